The predicted molar refractivity (Wildman–Crippen MR) is 69.5 cm³/mol. The van der Waals surface area contributed by atoms with Gasteiger partial charge in [-0.05, 0) is 18.6 Å². The third-order valence-electron chi connectivity index (χ3n) is 2.63. The highest BCUT2D eigenvalue weighted by molar-refractivity contribution is 5.98. The number of para-hydroxylation sites is 1. The quantitative estimate of drug-likeness (QED) is 0.792. The largest absolute Gasteiger partial charge is 0.480 e. The number of hydrogen-bond acceptors (Lipinski definition) is 3. The fourth-order valence-corrected chi connectivity index (χ4v) is 1.81. The Balaban J connectivity index is 3.03. The normalized spacial score (nSPS) is 11.6. The minimum atomic E-state index is -1.17. The first-order chi connectivity index (χ1) is 8.93. The van der Waals surface area contributed by atoms with Crippen molar-refractivity contribution in [2.75, 3.05) is 4.90 Å². The van der Waals surface area contributed by atoms with Crippen molar-refractivity contribution in [3.05, 3.63) is 30.3 Å². The van der Waals surface area contributed by atoms with Crippen molar-refractivity contribution in [3.63, 3.8) is 0 Å². The summed E-state index contributed by atoms with van der Waals surface area (Å²) in [4.78, 5) is 34.9. The summed E-state index contributed by atoms with van der Waals surface area (Å²) in [5.74, 6) is -2.16. The van der Waals surface area contributed by atoms with Crippen LogP contribution in [0.1, 0.15) is 19.8 Å². The lowest BCUT2D eigenvalue weighted by Gasteiger charge is -2.27. The van der Waals surface area contributed by atoms with Gasteiger partial charge in [-0.25, -0.2) is 4.79 Å². The Hall–Kier alpha value is -2.37. The summed E-state index contributed by atoms with van der Waals surface area (Å²) in [6, 6.07) is 7.35. The molecule has 0 unspecified atom stereocenters. The summed E-state index contributed by atoms with van der Waals surface area (Å²) in [5, 5.41) is 9.22. The van der Waals surface area contributed by atoms with E-state index in [1.165, 1.54) is 6.92 Å². The van der Waals surface area contributed by atoms with Crippen molar-refractivity contribution in [2.45, 2.75) is 25.8 Å². The molecule has 0 aliphatic heterocycles. The molecule has 6 heteroatoms. The number of carbonyl (C=O) groups is 3. The number of nitrogens with two attached hydrogens (primary N) is 1. The van der Waals surface area contributed by atoms with E-state index in [0.29, 0.717) is 5.69 Å². The van der Waals surface area contributed by atoms with E-state index in [9.17, 15) is 19.5 Å². The average Bonchev–Trinajstić information content (AvgIpc) is 2.34. The number of amides is 2. The zero-order valence-corrected chi connectivity index (χ0v) is 10.6. The number of hydrogen-bond donors (Lipinski definition) is 2. The number of primary amides is 1. The van der Waals surface area contributed by atoms with Crippen LogP contribution < -0.4 is 10.6 Å². The molecular formula is C13H16N2O4. The van der Waals surface area contributed by atoms with Crippen molar-refractivity contribution < 1.29 is 19.5 Å². The number of aliphatic carboxylic acids is 1. The molecular weight excluding hydrogens is 248 g/mol. The Kier molecular flexibility index (Phi) is 5.05. The smallest absolute Gasteiger partial charge is 0.326 e. The maximum Gasteiger partial charge on any atom is 0.326 e. The highest BCUT2D eigenvalue weighted by Gasteiger charge is 2.29. The highest BCUT2D eigenvalue weighted by atomic mass is 16.4. The topological polar surface area (TPSA) is 101 Å². The Morgan fingerprint density at radius 2 is 1.84 bits per heavy atom. The van der Waals surface area contributed by atoms with E-state index in [2.05, 4.69) is 0 Å². The van der Waals surface area contributed by atoms with Crippen molar-refractivity contribution in [2.24, 2.45) is 5.73 Å². The van der Waals surface area contributed by atoms with Crippen molar-refractivity contribution in [1.29, 1.82) is 0 Å². The second kappa shape index (κ2) is 6.53. The van der Waals surface area contributed by atoms with Gasteiger partial charge in [-0.2, -0.15) is 0 Å². The summed E-state index contributed by atoms with van der Waals surface area (Å²) >= 11 is 0. The van der Waals surface area contributed by atoms with Gasteiger partial charge in [0.2, 0.25) is 11.8 Å². The molecule has 2 amide bonds. The molecule has 0 saturated heterocycles. The molecule has 1 rings (SSSR count). The Morgan fingerprint density at radius 1 is 1.26 bits per heavy atom. The summed E-state index contributed by atoms with van der Waals surface area (Å²) in [6.45, 7) is 1.28. The minimum absolute atomic E-state index is 0.0147. The molecule has 0 spiro atoms. The average molecular weight is 264 g/mol. The lowest BCUT2D eigenvalue weighted by atomic mass is 10.1. The van der Waals surface area contributed by atoms with E-state index in [1.807, 2.05) is 0 Å². The van der Waals surface area contributed by atoms with Crippen LogP contribution in [0.3, 0.4) is 0 Å². The van der Waals surface area contributed by atoms with E-state index in [0.717, 1.165) is 4.90 Å². The van der Waals surface area contributed by atoms with Gasteiger partial charge in [0.05, 0.1) is 0 Å². The molecule has 0 aromatic heterocycles. The van der Waals surface area contributed by atoms with Crippen molar-refractivity contribution in [1.82, 2.24) is 0 Å². The summed E-state index contributed by atoms with van der Waals surface area (Å²) in [6.07, 6.45) is -0.104. The third-order valence-corrected chi connectivity index (χ3v) is 2.63. The number of rotatable bonds is 6. The van der Waals surface area contributed by atoms with E-state index in [1.54, 1.807) is 30.3 Å². The molecule has 1 aromatic rings. The van der Waals surface area contributed by atoms with E-state index in [4.69, 9.17) is 5.73 Å². The first kappa shape index (κ1) is 14.7. The molecule has 1 atom stereocenters. The maximum absolute atomic E-state index is 11.7. The zero-order valence-electron chi connectivity index (χ0n) is 10.6. The molecule has 1 aromatic carbocycles. The SMILES string of the molecule is CC(=O)N(c1ccccc1)[C@@H](CCC(N)=O)C(=O)O. The van der Waals surface area contributed by atoms with Gasteiger partial charge < -0.3 is 10.8 Å². The summed E-state index contributed by atoms with van der Waals surface area (Å²) in [5.41, 5.74) is 5.50. The standard InChI is InChI=1S/C13H16N2O4/c1-9(16)15(10-5-3-2-4-6-10)11(13(18)19)7-8-12(14)17/h2-6,11H,7-8H2,1H3,(H2,14,17)(H,18,19)/t11-/m0/s1. The molecule has 0 aliphatic carbocycles. The van der Waals surface area contributed by atoms with Crippen LogP contribution in [0.25, 0.3) is 0 Å². The van der Waals surface area contributed by atoms with Crippen LogP contribution in [0.2, 0.25) is 0 Å². The zero-order chi connectivity index (χ0) is 14.4. The van der Waals surface area contributed by atoms with Gasteiger partial charge in [0.25, 0.3) is 0 Å². The molecule has 3 N–H and O–H groups in total. The molecule has 102 valence electrons. The Morgan fingerprint density at radius 3 is 2.26 bits per heavy atom. The molecule has 0 bridgehead atoms. The molecule has 0 saturated carbocycles. The summed E-state index contributed by atoms with van der Waals surface area (Å²) < 4.78 is 0. The van der Waals surface area contributed by atoms with Crippen LogP contribution in [0.5, 0.6) is 0 Å². The monoisotopic (exact) mass is 264 g/mol. The molecule has 0 aliphatic rings. The molecule has 19 heavy (non-hydrogen) atoms. The van der Waals surface area contributed by atoms with Crippen LogP contribution in [-0.4, -0.2) is 28.9 Å². The fraction of sp³-hybridized carbons (Fsp3) is 0.308. The van der Waals surface area contributed by atoms with Crippen molar-refractivity contribution >= 4 is 23.5 Å². The number of anilines is 1. The van der Waals surface area contributed by atoms with Crippen LogP contribution in [0, 0.1) is 0 Å². The summed E-state index contributed by atoms with van der Waals surface area (Å²) in [7, 11) is 0. The third kappa shape index (κ3) is 4.09. The van der Waals surface area contributed by atoms with Gasteiger partial charge in [-0.3, -0.25) is 14.5 Å². The second-order valence-electron chi connectivity index (χ2n) is 4.08. The van der Waals surface area contributed by atoms with Crippen molar-refractivity contribution in [3.8, 4) is 0 Å². The van der Waals surface area contributed by atoms with E-state index in [-0.39, 0.29) is 12.8 Å². The number of benzene rings is 1. The van der Waals surface area contributed by atoms with Crippen LogP contribution in [-0.2, 0) is 14.4 Å². The number of carboxylic acids is 1. The Labute approximate surface area is 110 Å². The first-order valence-corrected chi connectivity index (χ1v) is 5.79. The minimum Gasteiger partial charge on any atom is -0.480 e. The van der Waals surface area contributed by atoms with Crippen LogP contribution in [0.15, 0.2) is 30.3 Å². The predicted octanol–water partition coefficient (Wildman–Crippen LogP) is 0.758. The second-order valence-corrected chi connectivity index (χ2v) is 4.08. The van der Waals surface area contributed by atoms with Gasteiger partial charge in [-0.1, -0.05) is 18.2 Å². The highest BCUT2D eigenvalue weighted by Crippen LogP contribution is 2.19. The van der Waals surface area contributed by atoms with Gasteiger partial charge >= 0.3 is 5.97 Å². The molecule has 0 radical (unpaired) electrons. The maximum atomic E-state index is 11.7. The first-order valence-electron chi connectivity index (χ1n) is 5.79. The van der Waals surface area contributed by atoms with Gasteiger partial charge in [0.15, 0.2) is 0 Å². The lowest BCUT2D eigenvalue weighted by Crippen LogP contribution is -2.44. The van der Waals surface area contributed by atoms with Gasteiger partial charge in [0.1, 0.15) is 6.04 Å². The lowest BCUT2D eigenvalue weighted by molar-refractivity contribution is -0.140. The van der Waals surface area contributed by atoms with Crippen LogP contribution in [0.4, 0.5) is 5.69 Å². The number of nitrogens with zero attached hydrogens (tertiary/aromatic N) is 1. The molecule has 6 nitrogen and oxygen atoms in total. The fourth-order valence-electron chi connectivity index (χ4n) is 1.81. The van der Waals surface area contributed by atoms with Gasteiger partial charge in [-0.15, -0.1) is 0 Å². The number of carbonyl (C=O) groups excluding carboxylic acids is 2. The Bertz CT molecular complexity index is 473. The van der Waals surface area contributed by atoms with E-state index < -0.39 is 23.8 Å². The van der Waals surface area contributed by atoms with E-state index >= 15 is 0 Å². The molecule has 0 heterocycles. The van der Waals surface area contributed by atoms with Gasteiger partial charge in [0, 0.05) is 19.0 Å². The number of carboxylic acid groups (broad SMARTS) is 1. The van der Waals surface area contributed by atoms with Crippen LogP contribution >= 0.6 is 0 Å². The molecule has 0 fully saturated rings.